The predicted octanol–water partition coefficient (Wildman–Crippen LogP) is 6.83. The van der Waals surface area contributed by atoms with Gasteiger partial charge in [0.2, 0.25) is 0 Å². The van der Waals surface area contributed by atoms with Crippen LogP contribution in [0.25, 0.3) is 38.8 Å². The van der Waals surface area contributed by atoms with Gasteiger partial charge in [-0.3, -0.25) is 0 Å². The van der Waals surface area contributed by atoms with Gasteiger partial charge in [-0.25, -0.2) is 9.37 Å². The van der Waals surface area contributed by atoms with Crippen LogP contribution in [-0.2, 0) is 0 Å². The van der Waals surface area contributed by atoms with E-state index in [0.29, 0.717) is 33.3 Å². The summed E-state index contributed by atoms with van der Waals surface area (Å²) in [5.41, 5.74) is 4.03. The van der Waals surface area contributed by atoms with Gasteiger partial charge in [-0.05, 0) is 36.4 Å². The van der Waals surface area contributed by atoms with Gasteiger partial charge in [0.25, 0.3) is 0 Å². The molecule has 0 aliphatic heterocycles. The third-order valence-electron chi connectivity index (χ3n) is 5.07. The Kier molecular flexibility index (Phi) is 5.06. The number of rotatable bonds is 5. The second-order valence-electron chi connectivity index (χ2n) is 7.01. The van der Waals surface area contributed by atoms with Gasteiger partial charge < -0.3 is 14.5 Å². The maximum atomic E-state index is 13.2. The smallest absolute Gasteiger partial charge is 0.143 e. The van der Waals surface area contributed by atoms with Gasteiger partial charge in [-0.2, -0.15) is 5.26 Å². The van der Waals surface area contributed by atoms with E-state index < -0.39 is 0 Å². The first-order valence-electron chi connectivity index (χ1n) is 9.74. The number of halogens is 1. The summed E-state index contributed by atoms with van der Waals surface area (Å²) in [6.07, 6.45) is 1.60. The summed E-state index contributed by atoms with van der Waals surface area (Å²) in [6.45, 7) is 0. The highest BCUT2D eigenvalue weighted by Crippen LogP contribution is 2.36. The van der Waals surface area contributed by atoms with Crippen LogP contribution in [-0.4, -0.2) is 12.1 Å². The molecule has 0 spiro atoms. The van der Waals surface area contributed by atoms with Crippen LogP contribution in [0.15, 0.2) is 76.7 Å². The Morgan fingerprint density at radius 3 is 2.72 bits per heavy atom. The molecule has 5 rings (SSSR count). The van der Waals surface area contributed by atoms with E-state index in [9.17, 15) is 9.65 Å². The van der Waals surface area contributed by atoms with E-state index in [-0.39, 0.29) is 5.82 Å². The number of anilines is 1. The van der Waals surface area contributed by atoms with Crippen LogP contribution in [0.5, 0.6) is 5.75 Å². The van der Waals surface area contributed by atoms with E-state index in [0.717, 1.165) is 21.9 Å². The van der Waals surface area contributed by atoms with Crippen molar-refractivity contribution in [2.45, 2.75) is 0 Å². The minimum absolute atomic E-state index is 0.304. The Morgan fingerprint density at radius 2 is 1.94 bits per heavy atom. The lowest BCUT2D eigenvalue weighted by Crippen LogP contribution is -1.95. The summed E-state index contributed by atoms with van der Waals surface area (Å²) >= 11 is 1.35. The van der Waals surface area contributed by atoms with Crippen molar-refractivity contribution < 1.29 is 13.5 Å². The number of allylic oxidation sites excluding steroid dienone is 1. The third-order valence-corrected chi connectivity index (χ3v) is 5.94. The molecule has 0 fully saturated rings. The SMILES string of the molecule is COc1cc2c(cc1N/C=C(\C#N)c1nc(-c3ccc(F)cc3)cs1)oc1ccccc12. The summed E-state index contributed by atoms with van der Waals surface area (Å²) in [7, 11) is 1.60. The number of fused-ring (bicyclic) bond motifs is 3. The number of nitriles is 1. The van der Waals surface area contributed by atoms with Crippen LogP contribution < -0.4 is 10.1 Å². The quantitative estimate of drug-likeness (QED) is 0.303. The minimum Gasteiger partial charge on any atom is -0.495 e. The van der Waals surface area contributed by atoms with Gasteiger partial charge in [-0.1, -0.05) is 18.2 Å². The zero-order valence-electron chi connectivity index (χ0n) is 16.9. The van der Waals surface area contributed by atoms with Crippen molar-refractivity contribution in [2.24, 2.45) is 0 Å². The first kappa shape index (κ1) is 19.8. The highest BCUT2D eigenvalue weighted by Gasteiger charge is 2.13. The second-order valence-corrected chi connectivity index (χ2v) is 7.86. The van der Waals surface area contributed by atoms with Gasteiger partial charge >= 0.3 is 0 Å². The number of ether oxygens (including phenoxy) is 1. The summed E-state index contributed by atoms with van der Waals surface area (Å²) in [5, 5.41) is 17.2. The molecule has 0 amide bonds. The minimum atomic E-state index is -0.304. The molecule has 0 saturated carbocycles. The standard InChI is InChI=1S/C25H16FN3O2S/c1-30-24-10-19-18-4-2-3-5-22(18)31-23(19)11-20(24)28-13-16(12-27)25-29-21(14-32-25)15-6-8-17(26)9-7-15/h2-11,13-14,28H,1H3/b16-13+. The number of methoxy groups -OCH3 is 1. The van der Waals surface area contributed by atoms with Gasteiger partial charge in [0.05, 0.1) is 18.5 Å². The van der Waals surface area contributed by atoms with Gasteiger partial charge in [0, 0.05) is 34.0 Å². The Bertz CT molecular complexity index is 1510. The molecule has 2 aromatic heterocycles. The first-order chi connectivity index (χ1) is 15.7. The van der Waals surface area contributed by atoms with Crippen molar-refractivity contribution in [3.63, 3.8) is 0 Å². The Balaban J connectivity index is 1.47. The number of benzene rings is 3. The van der Waals surface area contributed by atoms with Crippen LogP contribution >= 0.6 is 11.3 Å². The number of hydrogen-bond acceptors (Lipinski definition) is 6. The molecule has 2 heterocycles. The fourth-order valence-corrected chi connectivity index (χ4v) is 4.27. The summed E-state index contributed by atoms with van der Waals surface area (Å²) in [6, 6.07) is 19.9. The molecule has 1 N–H and O–H groups in total. The lowest BCUT2D eigenvalue weighted by atomic mass is 10.1. The number of thiazole rings is 1. The van der Waals surface area contributed by atoms with Gasteiger partial charge in [0.1, 0.15) is 39.4 Å². The zero-order chi connectivity index (χ0) is 22.1. The van der Waals surface area contributed by atoms with E-state index in [4.69, 9.17) is 9.15 Å². The molecule has 3 aromatic carbocycles. The van der Waals surface area contributed by atoms with Gasteiger partial charge in [0.15, 0.2) is 0 Å². The molecule has 7 heteroatoms. The Labute approximate surface area is 187 Å². The van der Waals surface area contributed by atoms with Crippen LogP contribution in [0.1, 0.15) is 5.01 Å². The molecule has 0 aliphatic carbocycles. The molecule has 32 heavy (non-hydrogen) atoms. The summed E-state index contributed by atoms with van der Waals surface area (Å²) in [5.74, 6) is 0.324. The van der Waals surface area contributed by atoms with Crippen LogP contribution in [0.3, 0.4) is 0 Å². The van der Waals surface area contributed by atoms with Crippen LogP contribution in [0.4, 0.5) is 10.1 Å². The average molecular weight is 441 g/mol. The topological polar surface area (TPSA) is 71.1 Å². The van der Waals surface area contributed by atoms with Crippen molar-refractivity contribution in [3.8, 4) is 23.1 Å². The number of nitrogens with one attached hydrogen (secondary N) is 1. The molecule has 5 aromatic rings. The molecular weight excluding hydrogens is 425 g/mol. The molecule has 0 atom stereocenters. The zero-order valence-corrected chi connectivity index (χ0v) is 17.7. The fraction of sp³-hybridized carbons (Fsp3) is 0.0400. The highest BCUT2D eigenvalue weighted by atomic mass is 32.1. The number of furan rings is 1. The predicted molar refractivity (Wildman–Crippen MR) is 125 cm³/mol. The highest BCUT2D eigenvalue weighted by molar-refractivity contribution is 7.11. The van der Waals surface area contributed by atoms with Crippen LogP contribution in [0.2, 0.25) is 0 Å². The number of aromatic nitrogens is 1. The maximum absolute atomic E-state index is 13.2. The van der Waals surface area contributed by atoms with Gasteiger partial charge in [-0.15, -0.1) is 11.3 Å². The molecule has 0 unspecified atom stereocenters. The molecule has 0 aliphatic rings. The van der Waals surface area contributed by atoms with Crippen molar-refractivity contribution in [1.82, 2.24) is 4.98 Å². The van der Waals surface area contributed by atoms with E-state index >= 15 is 0 Å². The molecule has 156 valence electrons. The molecule has 0 radical (unpaired) electrons. The first-order valence-corrected chi connectivity index (χ1v) is 10.6. The van der Waals surface area contributed by atoms with Crippen LogP contribution in [0, 0.1) is 17.1 Å². The number of para-hydroxylation sites is 1. The number of nitrogens with zero attached hydrogens (tertiary/aromatic N) is 2. The Hall–Kier alpha value is -4.15. The molecule has 0 saturated heterocycles. The molecule has 0 bridgehead atoms. The van der Waals surface area contributed by atoms with E-state index in [1.165, 1.54) is 23.5 Å². The number of hydrogen-bond donors (Lipinski definition) is 1. The van der Waals surface area contributed by atoms with Crippen molar-refractivity contribution >= 4 is 44.5 Å². The summed E-state index contributed by atoms with van der Waals surface area (Å²) in [4.78, 5) is 4.53. The maximum Gasteiger partial charge on any atom is 0.143 e. The average Bonchev–Trinajstić information content (AvgIpc) is 3.44. The van der Waals surface area contributed by atoms with E-state index in [2.05, 4.69) is 16.4 Å². The monoisotopic (exact) mass is 441 g/mol. The largest absolute Gasteiger partial charge is 0.495 e. The summed E-state index contributed by atoms with van der Waals surface area (Å²) < 4.78 is 24.7. The lowest BCUT2D eigenvalue weighted by Gasteiger charge is -2.08. The van der Waals surface area contributed by atoms with Crippen molar-refractivity contribution in [2.75, 3.05) is 12.4 Å². The van der Waals surface area contributed by atoms with Crippen molar-refractivity contribution in [3.05, 3.63) is 83.1 Å². The van der Waals surface area contributed by atoms with E-state index in [1.54, 1.807) is 25.4 Å². The van der Waals surface area contributed by atoms with E-state index in [1.807, 2.05) is 41.8 Å². The molecular formula is C25H16FN3O2S. The molecule has 5 nitrogen and oxygen atoms in total. The second kappa shape index (κ2) is 8.17. The normalized spacial score (nSPS) is 11.6. The third kappa shape index (κ3) is 3.57. The van der Waals surface area contributed by atoms with Crippen molar-refractivity contribution in [1.29, 1.82) is 5.26 Å². The lowest BCUT2D eigenvalue weighted by molar-refractivity contribution is 0.417. The fourth-order valence-electron chi connectivity index (χ4n) is 3.48. The Morgan fingerprint density at radius 1 is 1.12 bits per heavy atom.